The van der Waals surface area contributed by atoms with Crippen molar-refractivity contribution in [2.75, 3.05) is 6.61 Å². The van der Waals surface area contributed by atoms with E-state index in [2.05, 4.69) is 4.98 Å². The number of carbonyl (C=O) groups is 1. The first-order chi connectivity index (χ1) is 15.9. The second-order valence-electron chi connectivity index (χ2n) is 7.54. The van der Waals surface area contributed by atoms with E-state index in [0.29, 0.717) is 17.1 Å². The molecule has 0 aliphatic carbocycles. The van der Waals surface area contributed by atoms with Crippen LogP contribution in [-0.4, -0.2) is 31.3 Å². The molecule has 0 fully saturated rings. The minimum Gasteiger partial charge on any atom is -0.464 e. The van der Waals surface area contributed by atoms with Crippen molar-refractivity contribution in [3.63, 3.8) is 0 Å². The Kier molecular flexibility index (Phi) is 6.46. The van der Waals surface area contributed by atoms with E-state index >= 15 is 0 Å². The molecule has 0 aliphatic rings. The highest BCUT2D eigenvalue weighted by Crippen LogP contribution is 2.19. The minimum absolute atomic E-state index is 0.151. The van der Waals surface area contributed by atoms with Gasteiger partial charge in [-0.2, -0.15) is 0 Å². The molecule has 0 bridgehead atoms. The zero-order valence-electron chi connectivity index (χ0n) is 18.3. The Morgan fingerprint density at radius 1 is 1.09 bits per heavy atom. The number of nitrogens with zero attached hydrogens (tertiary/aromatic N) is 4. The van der Waals surface area contributed by atoms with E-state index in [0.717, 1.165) is 5.56 Å². The predicted molar refractivity (Wildman–Crippen MR) is 126 cm³/mol. The van der Waals surface area contributed by atoms with Gasteiger partial charge in [-0.25, -0.2) is 19.1 Å². The molecule has 0 N–H and O–H groups in total. The summed E-state index contributed by atoms with van der Waals surface area (Å²) in [7, 11) is 0. The highest BCUT2D eigenvalue weighted by atomic mass is 35.5. The van der Waals surface area contributed by atoms with Crippen molar-refractivity contribution in [2.24, 2.45) is 0 Å². The van der Waals surface area contributed by atoms with E-state index in [4.69, 9.17) is 16.3 Å². The molecule has 1 atom stereocenters. The number of halogens is 1. The lowest BCUT2D eigenvalue weighted by atomic mass is 10.1. The average Bonchev–Trinajstić information content (AvgIpc) is 3.25. The van der Waals surface area contributed by atoms with Crippen LogP contribution in [0.25, 0.3) is 16.9 Å². The molecule has 2 heterocycles. The largest absolute Gasteiger partial charge is 0.464 e. The monoisotopic (exact) mass is 466 g/mol. The Balaban J connectivity index is 1.93. The lowest BCUT2D eigenvalue weighted by Crippen LogP contribution is -2.41. The first kappa shape index (κ1) is 22.5. The number of carbonyl (C=O) groups excluding carboxylic acids is 1. The van der Waals surface area contributed by atoms with E-state index in [9.17, 15) is 14.4 Å². The number of rotatable bonds is 7. The van der Waals surface area contributed by atoms with Gasteiger partial charge in [-0.3, -0.25) is 9.36 Å². The molecule has 9 heteroatoms. The van der Waals surface area contributed by atoms with Crippen LogP contribution in [0, 0.1) is 0 Å². The fraction of sp³-hybridized carbons (Fsp3) is 0.250. The molecule has 0 aliphatic heterocycles. The maximum atomic E-state index is 13.5. The summed E-state index contributed by atoms with van der Waals surface area (Å²) >= 11 is 6.03. The van der Waals surface area contributed by atoms with Gasteiger partial charge in [0.15, 0.2) is 11.2 Å². The maximum Gasteiger partial charge on any atom is 0.337 e. The third-order valence-corrected chi connectivity index (χ3v) is 5.70. The number of imidazole rings is 1. The molecule has 0 saturated carbocycles. The van der Waals surface area contributed by atoms with Crippen LogP contribution >= 0.6 is 11.6 Å². The zero-order chi connectivity index (χ0) is 23.5. The molecule has 4 rings (SSSR count). The normalized spacial score (nSPS) is 12.1. The van der Waals surface area contributed by atoms with E-state index in [1.807, 2.05) is 30.3 Å². The van der Waals surface area contributed by atoms with Crippen LogP contribution in [0.4, 0.5) is 0 Å². The number of benzene rings is 2. The van der Waals surface area contributed by atoms with Gasteiger partial charge in [0, 0.05) is 11.6 Å². The quantitative estimate of drug-likeness (QED) is 0.390. The molecule has 0 amide bonds. The Morgan fingerprint density at radius 2 is 1.79 bits per heavy atom. The highest BCUT2D eigenvalue weighted by Gasteiger charge is 2.24. The van der Waals surface area contributed by atoms with Gasteiger partial charge in [-0.1, -0.05) is 41.9 Å². The van der Waals surface area contributed by atoms with Gasteiger partial charge in [0.25, 0.3) is 5.56 Å². The summed E-state index contributed by atoms with van der Waals surface area (Å²) in [6.45, 7) is 3.73. The standard InChI is InChI=1S/C24H23ClN4O4/c1-3-33-23(31)16(2)28-15-26-21-20(28)22(30)27(14-13-17-7-5-4-6-8-17)24(32)29(21)19-11-9-18(25)10-12-19/h4-12,15-16H,3,13-14H2,1-2H3/t16-/m1/s1. The van der Waals surface area contributed by atoms with Gasteiger partial charge in [-0.05, 0) is 50.1 Å². The summed E-state index contributed by atoms with van der Waals surface area (Å²) < 4.78 is 9.13. The predicted octanol–water partition coefficient (Wildman–Crippen LogP) is 3.37. The van der Waals surface area contributed by atoms with Crippen molar-refractivity contribution in [3.05, 3.63) is 92.3 Å². The zero-order valence-corrected chi connectivity index (χ0v) is 19.0. The average molecular weight is 467 g/mol. The minimum atomic E-state index is -0.790. The topological polar surface area (TPSA) is 88.1 Å². The van der Waals surface area contributed by atoms with E-state index in [-0.39, 0.29) is 24.3 Å². The van der Waals surface area contributed by atoms with Crippen molar-refractivity contribution in [1.82, 2.24) is 18.7 Å². The fourth-order valence-electron chi connectivity index (χ4n) is 3.72. The molecule has 0 saturated heterocycles. The third-order valence-electron chi connectivity index (χ3n) is 5.45. The van der Waals surface area contributed by atoms with Crippen molar-refractivity contribution < 1.29 is 9.53 Å². The number of esters is 1. The molecule has 170 valence electrons. The second kappa shape index (κ2) is 9.46. The number of fused-ring (bicyclic) bond motifs is 1. The van der Waals surface area contributed by atoms with E-state index in [1.54, 1.807) is 38.1 Å². The first-order valence-corrected chi connectivity index (χ1v) is 11.0. The summed E-state index contributed by atoms with van der Waals surface area (Å²) in [6, 6.07) is 15.5. The molecular formula is C24H23ClN4O4. The van der Waals surface area contributed by atoms with Gasteiger partial charge in [0.1, 0.15) is 6.04 Å². The molecule has 2 aromatic carbocycles. The van der Waals surface area contributed by atoms with Crippen LogP contribution in [0.1, 0.15) is 25.5 Å². The summed E-state index contributed by atoms with van der Waals surface area (Å²) in [6.07, 6.45) is 1.88. The van der Waals surface area contributed by atoms with Crippen LogP contribution in [0.2, 0.25) is 5.02 Å². The van der Waals surface area contributed by atoms with Crippen LogP contribution < -0.4 is 11.2 Å². The lowest BCUT2D eigenvalue weighted by Gasteiger charge is -2.15. The van der Waals surface area contributed by atoms with Gasteiger partial charge in [0.05, 0.1) is 18.6 Å². The molecule has 0 radical (unpaired) electrons. The number of hydrogen-bond acceptors (Lipinski definition) is 5. The molecular weight excluding hydrogens is 444 g/mol. The van der Waals surface area contributed by atoms with Gasteiger partial charge < -0.3 is 9.30 Å². The van der Waals surface area contributed by atoms with Gasteiger partial charge in [0.2, 0.25) is 0 Å². The maximum absolute atomic E-state index is 13.5. The van der Waals surface area contributed by atoms with E-state index in [1.165, 1.54) is 20.0 Å². The molecule has 4 aromatic rings. The summed E-state index contributed by atoms with van der Waals surface area (Å²) in [5.41, 5.74) is 0.800. The van der Waals surface area contributed by atoms with Crippen LogP contribution in [0.5, 0.6) is 0 Å². The van der Waals surface area contributed by atoms with Gasteiger partial charge >= 0.3 is 11.7 Å². The van der Waals surface area contributed by atoms with Crippen LogP contribution in [0.15, 0.2) is 70.5 Å². The first-order valence-electron chi connectivity index (χ1n) is 10.6. The fourth-order valence-corrected chi connectivity index (χ4v) is 3.85. The smallest absolute Gasteiger partial charge is 0.337 e. The third kappa shape index (κ3) is 4.34. The Hall–Kier alpha value is -3.65. The number of aromatic nitrogens is 4. The molecule has 0 unspecified atom stereocenters. The van der Waals surface area contributed by atoms with Crippen molar-refractivity contribution in [1.29, 1.82) is 0 Å². The van der Waals surface area contributed by atoms with Crippen molar-refractivity contribution >= 4 is 28.7 Å². The Labute approximate surface area is 194 Å². The Bertz CT molecular complexity index is 1400. The van der Waals surface area contributed by atoms with Crippen LogP contribution in [-0.2, 0) is 22.5 Å². The van der Waals surface area contributed by atoms with Gasteiger partial charge in [-0.15, -0.1) is 0 Å². The molecule has 0 spiro atoms. The summed E-state index contributed by atoms with van der Waals surface area (Å²) in [5.74, 6) is -0.490. The SMILES string of the molecule is CCOC(=O)[C@@H](C)n1cnc2c1c(=O)n(CCc1ccccc1)c(=O)n2-c1ccc(Cl)cc1. The molecule has 33 heavy (non-hydrogen) atoms. The number of aryl methyl sites for hydroxylation is 1. The van der Waals surface area contributed by atoms with Crippen LogP contribution in [0.3, 0.4) is 0 Å². The van der Waals surface area contributed by atoms with Crippen molar-refractivity contribution in [2.45, 2.75) is 32.9 Å². The lowest BCUT2D eigenvalue weighted by molar-refractivity contribution is -0.146. The summed E-state index contributed by atoms with van der Waals surface area (Å²) in [5, 5.41) is 0.516. The van der Waals surface area contributed by atoms with Crippen molar-refractivity contribution in [3.8, 4) is 5.69 Å². The van der Waals surface area contributed by atoms with E-state index < -0.39 is 23.3 Å². The second-order valence-corrected chi connectivity index (χ2v) is 7.98. The summed E-state index contributed by atoms with van der Waals surface area (Å²) in [4.78, 5) is 43.7. The number of hydrogen-bond donors (Lipinski definition) is 0. The Morgan fingerprint density at radius 3 is 2.45 bits per heavy atom. The molecule has 8 nitrogen and oxygen atoms in total. The highest BCUT2D eigenvalue weighted by molar-refractivity contribution is 6.30. The number of ether oxygens (including phenoxy) is 1. The molecule has 2 aromatic heterocycles.